The third-order valence-electron chi connectivity index (χ3n) is 6.29. The van der Waals surface area contributed by atoms with Gasteiger partial charge in [0.2, 0.25) is 0 Å². The van der Waals surface area contributed by atoms with Crippen LogP contribution in [-0.4, -0.2) is 42.6 Å². The third kappa shape index (κ3) is 7.35. The van der Waals surface area contributed by atoms with Gasteiger partial charge in [-0.2, -0.15) is 0 Å². The van der Waals surface area contributed by atoms with Gasteiger partial charge in [0.15, 0.2) is 0 Å². The summed E-state index contributed by atoms with van der Waals surface area (Å²) in [5.41, 5.74) is 2.85. The minimum atomic E-state index is -0.498. The monoisotopic (exact) mass is 501 g/mol. The van der Waals surface area contributed by atoms with Gasteiger partial charge in [0.05, 0.1) is 6.61 Å². The molecule has 37 heavy (non-hydrogen) atoms. The molecule has 1 heterocycles. The molecule has 1 amide bonds. The number of aldehydes is 1. The largest absolute Gasteiger partial charge is 0.493 e. The van der Waals surface area contributed by atoms with Gasteiger partial charge in [0, 0.05) is 29.8 Å². The Morgan fingerprint density at radius 3 is 2.27 bits per heavy atom. The highest BCUT2D eigenvalue weighted by Gasteiger charge is 2.27. The molecule has 0 spiro atoms. The van der Waals surface area contributed by atoms with Crippen molar-refractivity contribution < 1.29 is 23.8 Å². The topological polar surface area (TPSA) is 65.1 Å². The average Bonchev–Trinajstić information content (AvgIpc) is 2.91. The summed E-state index contributed by atoms with van der Waals surface area (Å²) in [4.78, 5) is 25.7. The molecule has 1 aliphatic rings. The van der Waals surface area contributed by atoms with Crippen molar-refractivity contribution in [2.45, 2.75) is 45.8 Å². The fourth-order valence-electron chi connectivity index (χ4n) is 4.32. The van der Waals surface area contributed by atoms with E-state index >= 15 is 0 Å². The molecule has 1 fully saturated rings. The highest BCUT2D eigenvalue weighted by Crippen LogP contribution is 2.38. The van der Waals surface area contributed by atoms with Crippen LogP contribution in [0.4, 0.5) is 4.79 Å². The second-order valence-corrected chi connectivity index (χ2v) is 10.4. The number of likely N-dealkylation sites (tertiary alicyclic amines) is 1. The van der Waals surface area contributed by atoms with Crippen LogP contribution in [0.2, 0.25) is 0 Å². The average molecular weight is 502 g/mol. The smallest absolute Gasteiger partial charge is 0.410 e. The number of hydrogen-bond acceptors (Lipinski definition) is 5. The molecule has 6 nitrogen and oxygen atoms in total. The fourth-order valence-corrected chi connectivity index (χ4v) is 4.32. The van der Waals surface area contributed by atoms with Crippen LogP contribution in [0.15, 0.2) is 72.8 Å². The zero-order valence-corrected chi connectivity index (χ0v) is 21.8. The maximum atomic E-state index is 12.4. The number of carbonyl (C=O) groups is 2. The Kier molecular flexibility index (Phi) is 8.49. The first-order chi connectivity index (χ1) is 17.8. The molecule has 0 bridgehead atoms. The molecule has 1 saturated heterocycles. The van der Waals surface area contributed by atoms with Crippen molar-refractivity contribution in [2.75, 3.05) is 19.7 Å². The molecule has 0 atom stereocenters. The van der Waals surface area contributed by atoms with Crippen LogP contribution in [-0.2, 0) is 11.3 Å². The standard InChI is InChI=1S/C31H35NO5/c1-31(2,3)37-30(34)32-17-15-24(16-18-32)22-36-29-14-13-25(20-33)19-27(29)26-11-7-8-12-28(26)35-21-23-9-5-4-6-10-23/h4-14,19-20,24H,15-18,21-22H2,1-3H3. The van der Waals surface area contributed by atoms with Crippen molar-refractivity contribution in [3.8, 4) is 22.6 Å². The summed E-state index contributed by atoms with van der Waals surface area (Å²) >= 11 is 0. The van der Waals surface area contributed by atoms with Crippen LogP contribution in [0.1, 0.15) is 49.5 Å². The Bertz CT molecular complexity index is 1190. The first-order valence-corrected chi connectivity index (χ1v) is 12.8. The molecule has 0 saturated carbocycles. The van der Waals surface area contributed by atoms with E-state index in [1.807, 2.05) is 87.5 Å². The van der Waals surface area contributed by atoms with Crippen LogP contribution >= 0.6 is 0 Å². The molecule has 0 N–H and O–H groups in total. The summed E-state index contributed by atoms with van der Waals surface area (Å²) < 4.78 is 18.0. The Balaban J connectivity index is 1.45. The lowest BCUT2D eigenvalue weighted by Crippen LogP contribution is -2.42. The number of hydrogen-bond donors (Lipinski definition) is 0. The summed E-state index contributed by atoms with van der Waals surface area (Å²) in [5.74, 6) is 1.75. The molecule has 1 aliphatic heterocycles. The minimum Gasteiger partial charge on any atom is -0.493 e. The highest BCUT2D eigenvalue weighted by molar-refractivity contribution is 5.83. The van der Waals surface area contributed by atoms with Crippen LogP contribution in [0.5, 0.6) is 11.5 Å². The molecular formula is C31H35NO5. The third-order valence-corrected chi connectivity index (χ3v) is 6.29. The van der Waals surface area contributed by atoms with E-state index in [0.29, 0.717) is 43.5 Å². The molecule has 3 aromatic rings. The first-order valence-electron chi connectivity index (χ1n) is 12.8. The van der Waals surface area contributed by atoms with E-state index in [0.717, 1.165) is 41.6 Å². The molecule has 3 aromatic carbocycles. The molecule has 194 valence electrons. The van der Waals surface area contributed by atoms with Gasteiger partial charge in [-0.3, -0.25) is 4.79 Å². The van der Waals surface area contributed by atoms with Gasteiger partial charge in [0.25, 0.3) is 0 Å². The maximum Gasteiger partial charge on any atom is 0.410 e. The van der Waals surface area contributed by atoms with E-state index in [4.69, 9.17) is 14.2 Å². The maximum absolute atomic E-state index is 12.4. The number of para-hydroxylation sites is 1. The van der Waals surface area contributed by atoms with Gasteiger partial charge in [-0.1, -0.05) is 48.5 Å². The predicted molar refractivity (Wildman–Crippen MR) is 144 cm³/mol. The van der Waals surface area contributed by atoms with Gasteiger partial charge >= 0.3 is 6.09 Å². The minimum absolute atomic E-state index is 0.259. The Hall–Kier alpha value is -3.80. The molecule has 0 unspecified atom stereocenters. The fraction of sp³-hybridized carbons (Fsp3) is 0.355. The number of nitrogens with zero attached hydrogens (tertiary/aromatic N) is 1. The van der Waals surface area contributed by atoms with Gasteiger partial charge < -0.3 is 19.1 Å². The molecule has 6 heteroatoms. The quantitative estimate of drug-likeness (QED) is 0.319. The highest BCUT2D eigenvalue weighted by atomic mass is 16.6. The van der Waals surface area contributed by atoms with Crippen molar-refractivity contribution in [1.82, 2.24) is 4.90 Å². The number of carbonyl (C=O) groups excluding carboxylic acids is 2. The van der Waals surface area contributed by atoms with Gasteiger partial charge in [0.1, 0.15) is 30.0 Å². The van der Waals surface area contributed by atoms with E-state index in [1.54, 1.807) is 11.0 Å². The molecule has 0 aromatic heterocycles. The van der Waals surface area contributed by atoms with Crippen molar-refractivity contribution in [1.29, 1.82) is 0 Å². The summed E-state index contributed by atoms with van der Waals surface area (Å²) in [6.07, 6.45) is 2.27. The van der Waals surface area contributed by atoms with Crippen molar-refractivity contribution in [2.24, 2.45) is 5.92 Å². The van der Waals surface area contributed by atoms with Gasteiger partial charge in [-0.15, -0.1) is 0 Å². The van der Waals surface area contributed by atoms with Crippen LogP contribution in [0.25, 0.3) is 11.1 Å². The zero-order valence-electron chi connectivity index (χ0n) is 21.8. The van der Waals surface area contributed by atoms with Gasteiger partial charge in [-0.25, -0.2) is 4.79 Å². The summed E-state index contributed by atoms with van der Waals surface area (Å²) in [5, 5.41) is 0. The zero-order chi connectivity index (χ0) is 26.3. The number of rotatable bonds is 8. The van der Waals surface area contributed by atoms with E-state index in [-0.39, 0.29) is 6.09 Å². The first kappa shape index (κ1) is 26.3. The van der Waals surface area contributed by atoms with E-state index in [2.05, 4.69) is 0 Å². The predicted octanol–water partition coefficient (Wildman–Crippen LogP) is 6.77. The van der Waals surface area contributed by atoms with E-state index < -0.39 is 5.60 Å². The Morgan fingerprint density at radius 2 is 1.57 bits per heavy atom. The number of amides is 1. The van der Waals surface area contributed by atoms with Crippen molar-refractivity contribution >= 4 is 12.4 Å². The number of ether oxygens (including phenoxy) is 3. The summed E-state index contributed by atoms with van der Waals surface area (Å²) in [7, 11) is 0. The summed E-state index contributed by atoms with van der Waals surface area (Å²) in [6, 6.07) is 23.3. The van der Waals surface area contributed by atoms with Gasteiger partial charge in [-0.05, 0) is 69.4 Å². The SMILES string of the molecule is CC(C)(C)OC(=O)N1CCC(COc2ccc(C=O)cc2-c2ccccc2OCc2ccccc2)CC1. The second kappa shape index (κ2) is 12.0. The van der Waals surface area contributed by atoms with Crippen LogP contribution in [0.3, 0.4) is 0 Å². The van der Waals surface area contributed by atoms with Crippen LogP contribution < -0.4 is 9.47 Å². The number of benzene rings is 3. The second-order valence-electron chi connectivity index (χ2n) is 10.4. The van der Waals surface area contributed by atoms with E-state index in [1.165, 1.54) is 0 Å². The van der Waals surface area contributed by atoms with Crippen molar-refractivity contribution in [3.05, 3.63) is 83.9 Å². The normalized spacial score (nSPS) is 14.2. The van der Waals surface area contributed by atoms with E-state index in [9.17, 15) is 9.59 Å². The molecular weight excluding hydrogens is 466 g/mol. The lowest BCUT2D eigenvalue weighted by molar-refractivity contribution is 0.0165. The Morgan fingerprint density at radius 1 is 0.892 bits per heavy atom. The lowest BCUT2D eigenvalue weighted by Gasteiger charge is -2.33. The summed E-state index contributed by atoms with van der Waals surface area (Å²) in [6.45, 7) is 7.91. The molecule has 4 rings (SSSR count). The van der Waals surface area contributed by atoms with Crippen molar-refractivity contribution in [3.63, 3.8) is 0 Å². The Labute approximate surface area is 219 Å². The molecule has 0 aliphatic carbocycles. The molecule has 0 radical (unpaired) electrons. The van der Waals surface area contributed by atoms with Crippen LogP contribution in [0, 0.1) is 5.92 Å². The number of piperidine rings is 1. The lowest BCUT2D eigenvalue weighted by atomic mass is 9.97.